The number of ether oxygens (including phenoxy) is 2. The molecule has 0 spiro atoms. The van der Waals surface area contributed by atoms with Crippen LogP contribution in [0.3, 0.4) is 0 Å². The van der Waals surface area contributed by atoms with Gasteiger partial charge in [0.25, 0.3) is 0 Å². The molecule has 106 valence electrons. The van der Waals surface area contributed by atoms with Crippen molar-refractivity contribution in [3.8, 4) is 17.2 Å². The highest BCUT2D eigenvalue weighted by Crippen LogP contribution is 2.34. The van der Waals surface area contributed by atoms with Gasteiger partial charge in [0.2, 0.25) is 0 Å². The summed E-state index contributed by atoms with van der Waals surface area (Å²) in [6.45, 7) is 1.82. The molecule has 2 rings (SSSR count). The quantitative estimate of drug-likeness (QED) is 0.880. The predicted molar refractivity (Wildman–Crippen MR) is 76.1 cm³/mol. The Bertz CT molecular complexity index is 593. The zero-order valence-electron chi connectivity index (χ0n) is 11.6. The molecule has 20 heavy (non-hydrogen) atoms. The van der Waals surface area contributed by atoms with Crippen molar-refractivity contribution in [2.45, 2.75) is 20.1 Å². The number of hydrogen-bond acceptors (Lipinski definition) is 4. The van der Waals surface area contributed by atoms with Gasteiger partial charge in [0.15, 0.2) is 11.5 Å². The van der Waals surface area contributed by atoms with Gasteiger partial charge in [-0.25, -0.2) is 0 Å². The van der Waals surface area contributed by atoms with E-state index in [4.69, 9.17) is 14.6 Å². The van der Waals surface area contributed by atoms with Crippen molar-refractivity contribution in [1.29, 1.82) is 0 Å². The highest BCUT2D eigenvalue weighted by atomic mass is 16.5. The van der Waals surface area contributed by atoms with E-state index in [1.165, 1.54) is 0 Å². The van der Waals surface area contributed by atoms with E-state index in [1.54, 1.807) is 25.3 Å². The maximum atomic E-state index is 9.39. The number of aryl methyl sites for hydroxylation is 1. The highest BCUT2D eigenvalue weighted by Gasteiger charge is 2.10. The Morgan fingerprint density at radius 1 is 0.900 bits per heavy atom. The summed E-state index contributed by atoms with van der Waals surface area (Å²) in [5.74, 6) is 1.68. The van der Waals surface area contributed by atoms with Gasteiger partial charge in [0.1, 0.15) is 5.75 Å². The molecular formula is C16H18O4. The molecule has 0 aliphatic carbocycles. The average Bonchev–Trinajstić information content (AvgIpc) is 2.49. The van der Waals surface area contributed by atoms with Crippen LogP contribution in [0.1, 0.15) is 16.7 Å². The van der Waals surface area contributed by atoms with Crippen molar-refractivity contribution in [2.24, 2.45) is 0 Å². The van der Waals surface area contributed by atoms with Crippen LogP contribution in [-0.2, 0) is 13.2 Å². The second-order valence-corrected chi connectivity index (χ2v) is 4.51. The van der Waals surface area contributed by atoms with E-state index in [0.29, 0.717) is 17.2 Å². The number of methoxy groups -OCH3 is 1. The second-order valence-electron chi connectivity index (χ2n) is 4.51. The fraction of sp³-hybridized carbons (Fsp3) is 0.250. The normalized spacial score (nSPS) is 10.4. The lowest BCUT2D eigenvalue weighted by atomic mass is 10.1. The molecule has 4 heteroatoms. The molecule has 4 nitrogen and oxygen atoms in total. The predicted octanol–water partition coefficient (Wildman–Crippen LogP) is 2.78. The summed E-state index contributed by atoms with van der Waals surface area (Å²) in [7, 11) is 1.55. The molecular weight excluding hydrogens is 256 g/mol. The monoisotopic (exact) mass is 274 g/mol. The van der Waals surface area contributed by atoms with Crippen LogP contribution < -0.4 is 9.47 Å². The minimum atomic E-state index is -0.0892. The molecule has 0 bridgehead atoms. The lowest BCUT2D eigenvalue weighted by Gasteiger charge is -2.14. The summed E-state index contributed by atoms with van der Waals surface area (Å²) >= 11 is 0. The van der Waals surface area contributed by atoms with Crippen LogP contribution >= 0.6 is 0 Å². The van der Waals surface area contributed by atoms with Crippen molar-refractivity contribution in [3.05, 3.63) is 53.1 Å². The molecule has 0 saturated heterocycles. The molecule has 0 radical (unpaired) electrons. The van der Waals surface area contributed by atoms with Gasteiger partial charge in [-0.3, -0.25) is 0 Å². The Labute approximate surface area is 118 Å². The highest BCUT2D eigenvalue weighted by molar-refractivity contribution is 5.47. The smallest absolute Gasteiger partial charge is 0.169 e. The van der Waals surface area contributed by atoms with Gasteiger partial charge < -0.3 is 19.7 Å². The molecule has 0 heterocycles. The van der Waals surface area contributed by atoms with Crippen molar-refractivity contribution in [1.82, 2.24) is 0 Å². The third-order valence-electron chi connectivity index (χ3n) is 3.02. The van der Waals surface area contributed by atoms with E-state index in [1.807, 2.05) is 25.1 Å². The van der Waals surface area contributed by atoms with Crippen molar-refractivity contribution in [2.75, 3.05) is 7.11 Å². The lowest BCUT2D eigenvalue weighted by Crippen LogP contribution is -1.96. The number of benzene rings is 2. The summed E-state index contributed by atoms with van der Waals surface area (Å²) in [4.78, 5) is 0. The van der Waals surface area contributed by atoms with Gasteiger partial charge in [0, 0.05) is 5.56 Å². The maximum Gasteiger partial charge on any atom is 0.169 e. The van der Waals surface area contributed by atoms with Gasteiger partial charge >= 0.3 is 0 Å². The largest absolute Gasteiger partial charge is 0.493 e. The van der Waals surface area contributed by atoms with Gasteiger partial charge in [-0.05, 0) is 30.7 Å². The molecule has 2 aromatic carbocycles. The molecule has 0 saturated carbocycles. The van der Waals surface area contributed by atoms with Crippen LogP contribution in [-0.4, -0.2) is 17.3 Å². The summed E-state index contributed by atoms with van der Waals surface area (Å²) in [5.41, 5.74) is 2.53. The Hall–Kier alpha value is -2.04. The summed E-state index contributed by atoms with van der Waals surface area (Å²) in [6.07, 6.45) is 0. The maximum absolute atomic E-state index is 9.39. The summed E-state index contributed by atoms with van der Waals surface area (Å²) in [5, 5.41) is 18.5. The van der Waals surface area contributed by atoms with E-state index >= 15 is 0 Å². The first-order valence-electron chi connectivity index (χ1n) is 6.34. The minimum Gasteiger partial charge on any atom is -0.493 e. The van der Waals surface area contributed by atoms with Crippen LogP contribution in [0.5, 0.6) is 17.2 Å². The van der Waals surface area contributed by atoms with Gasteiger partial charge in [-0.1, -0.05) is 23.8 Å². The molecule has 0 atom stereocenters. The van der Waals surface area contributed by atoms with Crippen molar-refractivity contribution >= 4 is 0 Å². The number of rotatable bonds is 5. The van der Waals surface area contributed by atoms with E-state index in [0.717, 1.165) is 16.7 Å². The van der Waals surface area contributed by atoms with Gasteiger partial charge in [-0.15, -0.1) is 0 Å². The molecule has 2 N–H and O–H groups in total. The average molecular weight is 274 g/mol. The lowest BCUT2D eigenvalue weighted by molar-refractivity contribution is 0.275. The van der Waals surface area contributed by atoms with Crippen molar-refractivity contribution in [3.63, 3.8) is 0 Å². The molecule has 0 fully saturated rings. The first-order valence-corrected chi connectivity index (χ1v) is 6.34. The molecule has 0 unspecified atom stereocenters. The standard InChI is InChI=1S/C16H18O4/c1-11-3-5-14(13(7-11)10-18)20-15-6-4-12(9-17)8-16(15)19-2/h3-8,17-18H,9-10H2,1-2H3. The Morgan fingerprint density at radius 3 is 2.30 bits per heavy atom. The van der Waals surface area contributed by atoms with E-state index in [2.05, 4.69) is 0 Å². The molecule has 0 amide bonds. The SMILES string of the molecule is COc1cc(CO)ccc1Oc1ccc(C)cc1CO. The van der Waals surface area contributed by atoms with Gasteiger partial charge in [0.05, 0.1) is 20.3 Å². The molecule has 0 aliphatic heterocycles. The Morgan fingerprint density at radius 2 is 1.65 bits per heavy atom. The fourth-order valence-corrected chi connectivity index (χ4v) is 1.94. The zero-order valence-corrected chi connectivity index (χ0v) is 11.6. The summed E-state index contributed by atoms with van der Waals surface area (Å²) in [6, 6.07) is 10.9. The van der Waals surface area contributed by atoms with Crippen LogP contribution in [0.2, 0.25) is 0 Å². The Kier molecular flexibility index (Phi) is 4.61. The third-order valence-corrected chi connectivity index (χ3v) is 3.02. The zero-order chi connectivity index (χ0) is 14.5. The van der Waals surface area contributed by atoms with Crippen LogP contribution in [0.15, 0.2) is 36.4 Å². The first-order chi connectivity index (χ1) is 9.67. The number of hydrogen-bond donors (Lipinski definition) is 2. The van der Waals surface area contributed by atoms with Crippen LogP contribution in [0, 0.1) is 6.92 Å². The molecule has 0 aliphatic rings. The topological polar surface area (TPSA) is 58.9 Å². The van der Waals surface area contributed by atoms with Crippen molar-refractivity contribution < 1.29 is 19.7 Å². The van der Waals surface area contributed by atoms with E-state index in [9.17, 15) is 5.11 Å². The third kappa shape index (κ3) is 3.10. The number of aliphatic hydroxyl groups is 2. The van der Waals surface area contributed by atoms with Crippen LogP contribution in [0.25, 0.3) is 0 Å². The summed E-state index contributed by atoms with van der Waals surface area (Å²) < 4.78 is 11.1. The molecule has 0 aromatic heterocycles. The number of aliphatic hydroxyl groups excluding tert-OH is 2. The Balaban J connectivity index is 2.34. The van der Waals surface area contributed by atoms with E-state index in [-0.39, 0.29) is 13.2 Å². The molecule has 2 aromatic rings. The van der Waals surface area contributed by atoms with Gasteiger partial charge in [-0.2, -0.15) is 0 Å². The second kappa shape index (κ2) is 6.41. The van der Waals surface area contributed by atoms with Crippen LogP contribution in [0.4, 0.5) is 0 Å². The minimum absolute atomic E-state index is 0.0525. The fourth-order valence-electron chi connectivity index (χ4n) is 1.94. The van der Waals surface area contributed by atoms with E-state index < -0.39 is 0 Å². The first kappa shape index (κ1) is 14.4.